The van der Waals surface area contributed by atoms with Gasteiger partial charge in [-0.15, -0.1) is 0 Å². The molecule has 0 saturated carbocycles. The number of hydrogen-bond donors (Lipinski definition) is 1. The lowest BCUT2D eigenvalue weighted by Crippen LogP contribution is -2.32. The number of amides is 1. The Hall–Kier alpha value is -2.57. The van der Waals surface area contributed by atoms with E-state index in [1.54, 1.807) is 11.0 Å². The van der Waals surface area contributed by atoms with Gasteiger partial charge in [-0.25, -0.2) is 4.98 Å². The molecular weight excluding hydrogens is 308 g/mol. The number of nitrogens with one attached hydrogen (secondary N) is 1. The maximum Gasteiger partial charge on any atom is 0.222 e. The van der Waals surface area contributed by atoms with Crippen molar-refractivity contribution in [3.05, 3.63) is 36.4 Å². The molecule has 1 aromatic carbocycles. The van der Waals surface area contributed by atoms with Crippen LogP contribution in [0.15, 0.2) is 30.9 Å². The van der Waals surface area contributed by atoms with Crippen molar-refractivity contribution in [3.63, 3.8) is 0 Å². The van der Waals surface area contributed by atoms with Crippen LogP contribution in [-0.4, -0.2) is 33.9 Å². The molecule has 1 atom stereocenters. The summed E-state index contributed by atoms with van der Waals surface area (Å²) in [5.41, 5.74) is 1.02. The van der Waals surface area contributed by atoms with Crippen LogP contribution >= 0.6 is 0 Å². The van der Waals surface area contributed by atoms with E-state index in [0.29, 0.717) is 26.2 Å². The zero-order chi connectivity index (χ0) is 16.9. The second kappa shape index (κ2) is 7.33. The lowest BCUT2D eigenvalue weighted by atomic mass is 9.95. The van der Waals surface area contributed by atoms with E-state index in [2.05, 4.69) is 29.2 Å². The Labute approximate surface area is 141 Å². The molecule has 0 spiro atoms. The molecule has 0 saturated heterocycles. The van der Waals surface area contributed by atoms with Crippen molar-refractivity contribution in [3.8, 4) is 11.5 Å². The molecule has 1 aliphatic heterocycles. The van der Waals surface area contributed by atoms with Crippen molar-refractivity contribution in [2.75, 3.05) is 13.2 Å². The Morgan fingerprint density at radius 3 is 2.79 bits per heavy atom. The highest BCUT2D eigenvalue weighted by Gasteiger charge is 2.21. The molecule has 1 aromatic heterocycles. The second-order valence-corrected chi connectivity index (χ2v) is 6.10. The Balaban J connectivity index is 1.67. The van der Waals surface area contributed by atoms with Crippen LogP contribution in [0.3, 0.4) is 0 Å². The molecule has 0 aliphatic carbocycles. The number of aryl methyl sites for hydroxylation is 1. The van der Waals surface area contributed by atoms with Gasteiger partial charge < -0.3 is 14.8 Å². The topological polar surface area (TPSA) is 78.3 Å². The van der Waals surface area contributed by atoms with Crippen molar-refractivity contribution >= 4 is 5.91 Å². The molecule has 0 radical (unpaired) electrons. The third-order valence-electron chi connectivity index (χ3n) is 3.94. The zero-order valence-corrected chi connectivity index (χ0v) is 13.9. The molecular formula is C17H22N4O3. The van der Waals surface area contributed by atoms with Crippen LogP contribution in [0.4, 0.5) is 0 Å². The molecule has 0 unspecified atom stereocenters. The Bertz CT molecular complexity index is 685. The van der Waals surface area contributed by atoms with E-state index in [1.165, 1.54) is 6.33 Å². The summed E-state index contributed by atoms with van der Waals surface area (Å²) in [7, 11) is 0. The summed E-state index contributed by atoms with van der Waals surface area (Å²) in [4.78, 5) is 16.2. The summed E-state index contributed by atoms with van der Waals surface area (Å²) in [6, 6.07) is 5.76. The van der Waals surface area contributed by atoms with Crippen molar-refractivity contribution in [2.45, 2.75) is 32.9 Å². The number of fused-ring (bicyclic) bond motifs is 1. The third kappa shape index (κ3) is 3.84. The Kier molecular flexibility index (Phi) is 4.98. The number of benzene rings is 1. The highest BCUT2D eigenvalue weighted by Crippen LogP contribution is 2.34. The minimum Gasteiger partial charge on any atom is -0.486 e. The monoisotopic (exact) mass is 330 g/mol. The van der Waals surface area contributed by atoms with Gasteiger partial charge in [0.05, 0.1) is 12.6 Å². The zero-order valence-electron chi connectivity index (χ0n) is 13.9. The molecule has 1 amide bonds. The van der Waals surface area contributed by atoms with Gasteiger partial charge in [-0.05, 0) is 23.6 Å². The highest BCUT2D eigenvalue weighted by molar-refractivity contribution is 5.76. The van der Waals surface area contributed by atoms with Gasteiger partial charge in [0, 0.05) is 6.42 Å². The van der Waals surface area contributed by atoms with Gasteiger partial charge in [0.25, 0.3) is 0 Å². The van der Waals surface area contributed by atoms with Crippen molar-refractivity contribution in [1.29, 1.82) is 0 Å². The molecule has 1 N–H and O–H groups in total. The van der Waals surface area contributed by atoms with Gasteiger partial charge in [-0.3, -0.25) is 9.48 Å². The van der Waals surface area contributed by atoms with Crippen LogP contribution in [0.1, 0.15) is 31.9 Å². The summed E-state index contributed by atoms with van der Waals surface area (Å²) in [6.07, 6.45) is 3.43. The van der Waals surface area contributed by atoms with Crippen molar-refractivity contribution in [2.24, 2.45) is 5.92 Å². The molecule has 2 aromatic rings. The largest absolute Gasteiger partial charge is 0.486 e. The minimum absolute atomic E-state index is 0.0147. The average Bonchev–Trinajstić information content (AvgIpc) is 3.10. The van der Waals surface area contributed by atoms with Crippen molar-refractivity contribution in [1.82, 2.24) is 20.1 Å². The molecule has 7 nitrogen and oxygen atoms in total. The summed E-state index contributed by atoms with van der Waals surface area (Å²) in [5, 5.41) is 7.11. The molecule has 1 aliphatic rings. The predicted molar refractivity (Wildman–Crippen MR) is 87.8 cm³/mol. The lowest BCUT2D eigenvalue weighted by molar-refractivity contribution is -0.122. The fraction of sp³-hybridized carbons (Fsp3) is 0.471. The number of rotatable bonds is 6. The van der Waals surface area contributed by atoms with E-state index in [1.807, 2.05) is 18.2 Å². The van der Waals surface area contributed by atoms with Crippen LogP contribution in [0.25, 0.3) is 0 Å². The molecule has 128 valence electrons. The summed E-state index contributed by atoms with van der Waals surface area (Å²) < 4.78 is 12.8. The van der Waals surface area contributed by atoms with Crippen LogP contribution in [0, 0.1) is 5.92 Å². The molecule has 2 heterocycles. The first-order chi connectivity index (χ1) is 11.6. The summed E-state index contributed by atoms with van der Waals surface area (Å²) in [6.45, 7) is 5.79. The SMILES string of the molecule is CC(C)[C@H](NC(=O)CCn1cncn1)c1ccc2c(c1)OCCO2. The smallest absolute Gasteiger partial charge is 0.222 e. The van der Waals surface area contributed by atoms with Crippen LogP contribution in [0.5, 0.6) is 11.5 Å². The Morgan fingerprint density at radius 2 is 2.08 bits per heavy atom. The second-order valence-electron chi connectivity index (χ2n) is 6.10. The minimum atomic E-state index is -0.0796. The lowest BCUT2D eigenvalue weighted by Gasteiger charge is -2.25. The summed E-state index contributed by atoms with van der Waals surface area (Å²) >= 11 is 0. The van der Waals surface area contributed by atoms with Gasteiger partial charge in [0.15, 0.2) is 11.5 Å². The molecule has 3 rings (SSSR count). The van der Waals surface area contributed by atoms with Crippen LogP contribution < -0.4 is 14.8 Å². The van der Waals surface area contributed by atoms with Gasteiger partial charge in [0.1, 0.15) is 25.9 Å². The third-order valence-corrected chi connectivity index (χ3v) is 3.94. The van der Waals surface area contributed by atoms with E-state index in [4.69, 9.17) is 9.47 Å². The number of carbonyl (C=O) groups excluding carboxylic acids is 1. The van der Waals surface area contributed by atoms with E-state index in [9.17, 15) is 4.79 Å². The summed E-state index contributed by atoms with van der Waals surface area (Å²) in [5.74, 6) is 1.73. The average molecular weight is 330 g/mol. The maximum absolute atomic E-state index is 12.3. The number of ether oxygens (including phenoxy) is 2. The quantitative estimate of drug-likeness (QED) is 0.876. The van der Waals surface area contributed by atoms with Crippen molar-refractivity contribution < 1.29 is 14.3 Å². The fourth-order valence-corrected chi connectivity index (χ4v) is 2.70. The van der Waals surface area contributed by atoms with E-state index >= 15 is 0 Å². The number of carbonyl (C=O) groups is 1. The van der Waals surface area contributed by atoms with Gasteiger partial charge >= 0.3 is 0 Å². The highest BCUT2D eigenvalue weighted by atomic mass is 16.6. The standard InChI is InChI=1S/C17H22N4O3/c1-12(2)17(20-16(22)5-6-21-11-18-10-19-21)13-3-4-14-15(9-13)24-8-7-23-14/h3-4,9-12,17H,5-8H2,1-2H3,(H,20,22)/t17-/m0/s1. The number of nitrogens with zero attached hydrogens (tertiary/aromatic N) is 3. The van der Waals surface area contributed by atoms with Gasteiger partial charge in [-0.1, -0.05) is 19.9 Å². The normalized spacial score (nSPS) is 14.5. The van der Waals surface area contributed by atoms with Crippen LogP contribution in [-0.2, 0) is 11.3 Å². The molecule has 24 heavy (non-hydrogen) atoms. The first kappa shape index (κ1) is 16.3. The Morgan fingerprint density at radius 1 is 1.29 bits per heavy atom. The first-order valence-corrected chi connectivity index (χ1v) is 8.15. The van der Waals surface area contributed by atoms with E-state index < -0.39 is 0 Å². The molecule has 7 heteroatoms. The van der Waals surface area contributed by atoms with Crippen LogP contribution in [0.2, 0.25) is 0 Å². The molecule has 0 bridgehead atoms. The number of hydrogen-bond acceptors (Lipinski definition) is 5. The van der Waals surface area contributed by atoms with E-state index in [-0.39, 0.29) is 17.9 Å². The number of aromatic nitrogens is 3. The predicted octanol–water partition coefficient (Wildman–Crippen LogP) is 1.95. The first-order valence-electron chi connectivity index (χ1n) is 8.15. The van der Waals surface area contributed by atoms with E-state index in [0.717, 1.165) is 17.1 Å². The fourth-order valence-electron chi connectivity index (χ4n) is 2.70. The maximum atomic E-state index is 12.3. The van der Waals surface area contributed by atoms with Gasteiger partial charge in [-0.2, -0.15) is 5.10 Å². The molecule has 0 fully saturated rings. The van der Waals surface area contributed by atoms with Gasteiger partial charge in [0.2, 0.25) is 5.91 Å².